The first-order valence-corrected chi connectivity index (χ1v) is 8.86. The number of aromatic amines is 1. The van der Waals surface area contributed by atoms with Gasteiger partial charge < -0.3 is 11.1 Å². The molecule has 27 heavy (non-hydrogen) atoms. The first-order valence-electron chi connectivity index (χ1n) is 8.35. The molecule has 0 spiro atoms. The number of nitrogen functional groups attached to an aromatic ring is 1. The molecular formula is C20H17N5OS. The monoisotopic (exact) mass is 375 g/mol. The molecule has 0 aliphatic rings. The van der Waals surface area contributed by atoms with Gasteiger partial charge in [-0.05, 0) is 47.5 Å². The molecule has 0 aliphatic carbocycles. The van der Waals surface area contributed by atoms with Crippen LogP contribution in [0, 0.1) is 0 Å². The van der Waals surface area contributed by atoms with Crippen molar-refractivity contribution in [2.75, 3.05) is 11.1 Å². The van der Waals surface area contributed by atoms with Crippen LogP contribution in [0.2, 0.25) is 0 Å². The number of hydrogen-bond donors (Lipinski definition) is 4. The molecule has 1 atom stereocenters. The molecule has 4 N–H and O–H groups in total. The molecule has 0 saturated heterocycles. The van der Waals surface area contributed by atoms with Crippen molar-refractivity contribution in [1.29, 1.82) is 0 Å². The molecule has 2 aromatic carbocycles. The van der Waals surface area contributed by atoms with Gasteiger partial charge in [0.1, 0.15) is 5.82 Å². The van der Waals surface area contributed by atoms with Gasteiger partial charge in [-0.25, -0.2) is 4.98 Å². The number of nitrogens with one attached hydrogen (secondary N) is 2. The lowest BCUT2D eigenvalue weighted by Gasteiger charge is -2.16. The van der Waals surface area contributed by atoms with Crippen LogP contribution in [0.15, 0.2) is 67.0 Å². The Balaban J connectivity index is 1.64. The van der Waals surface area contributed by atoms with Crippen molar-refractivity contribution in [3.05, 3.63) is 83.7 Å². The van der Waals surface area contributed by atoms with Crippen molar-refractivity contribution in [2.45, 2.75) is 5.25 Å². The number of pyridine rings is 1. The van der Waals surface area contributed by atoms with E-state index in [2.05, 4.69) is 20.5 Å². The van der Waals surface area contributed by atoms with Crippen molar-refractivity contribution in [3.8, 4) is 0 Å². The van der Waals surface area contributed by atoms with Crippen LogP contribution in [0.25, 0.3) is 10.9 Å². The number of thiol groups is 1. The van der Waals surface area contributed by atoms with E-state index in [9.17, 15) is 4.79 Å². The summed E-state index contributed by atoms with van der Waals surface area (Å²) in [6.07, 6.45) is 3.37. The molecule has 4 rings (SSSR count). The Bertz CT molecular complexity index is 1120. The van der Waals surface area contributed by atoms with E-state index in [0.717, 1.165) is 22.0 Å². The van der Waals surface area contributed by atoms with Gasteiger partial charge in [0.25, 0.3) is 5.91 Å². The largest absolute Gasteiger partial charge is 0.384 e. The Morgan fingerprint density at radius 1 is 1.15 bits per heavy atom. The van der Waals surface area contributed by atoms with E-state index in [1.54, 1.807) is 24.5 Å². The number of nitrogens with zero attached hydrogens (tertiary/aromatic N) is 2. The molecule has 0 bridgehead atoms. The topological polar surface area (TPSA) is 96.7 Å². The average molecular weight is 375 g/mol. The molecule has 0 fully saturated rings. The SMILES string of the molecule is Nc1cc(C(S)c2ccccc2C(=O)Nc2ccc3cn[nH]c3c2)ccn1. The van der Waals surface area contributed by atoms with E-state index in [1.165, 1.54) is 0 Å². The maximum absolute atomic E-state index is 12.9. The molecule has 2 aromatic heterocycles. The second kappa shape index (κ2) is 7.13. The fourth-order valence-electron chi connectivity index (χ4n) is 2.97. The number of carbonyl (C=O) groups is 1. The Kier molecular flexibility index (Phi) is 4.52. The zero-order chi connectivity index (χ0) is 18.8. The zero-order valence-corrected chi connectivity index (χ0v) is 15.1. The quantitative estimate of drug-likeness (QED) is 0.408. The molecule has 0 saturated carbocycles. The van der Waals surface area contributed by atoms with Crippen molar-refractivity contribution in [3.63, 3.8) is 0 Å². The molecule has 0 radical (unpaired) electrons. The lowest BCUT2D eigenvalue weighted by atomic mass is 9.99. The molecule has 1 unspecified atom stereocenters. The fourth-order valence-corrected chi connectivity index (χ4v) is 3.36. The number of H-pyrrole nitrogens is 1. The van der Waals surface area contributed by atoms with E-state index in [1.807, 2.05) is 42.5 Å². The standard InChI is InChI=1S/C20H17N5OS/c21-18-9-12(7-8-22-18)19(27)15-3-1-2-4-16(15)20(26)24-14-6-5-13-11-23-25-17(13)10-14/h1-11,19,27H,(H2,21,22)(H,23,25)(H,24,26). The Morgan fingerprint density at radius 2 is 2.00 bits per heavy atom. The number of carbonyl (C=O) groups excluding carboxylic acids is 1. The van der Waals surface area contributed by atoms with Gasteiger partial charge in [0.2, 0.25) is 0 Å². The molecule has 6 nitrogen and oxygen atoms in total. The molecule has 0 aliphatic heterocycles. The van der Waals surface area contributed by atoms with E-state index in [4.69, 9.17) is 18.4 Å². The highest BCUT2D eigenvalue weighted by atomic mass is 32.1. The lowest BCUT2D eigenvalue weighted by Crippen LogP contribution is -2.15. The smallest absolute Gasteiger partial charge is 0.255 e. The van der Waals surface area contributed by atoms with Crippen molar-refractivity contribution in [1.82, 2.24) is 15.2 Å². The molecule has 4 aromatic rings. The summed E-state index contributed by atoms with van der Waals surface area (Å²) in [5.41, 5.74) is 9.56. The highest BCUT2D eigenvalue weighted by molar-refractivity contribution is 7.80. The second-order valence-corrected chi connectivity index (χ2v) is 6.65. The minimum Gasteiger partial charge on any atom is -0.384 e. The number of fused-ring (bicyclic) bond motifs is 1. The zero-order valence-electron chi connectivity index (χ0n) is 14.3. The van der Waals surface area contributed by atoms with E-state index >= 15 is 0 Å². The Morgan fingerprint density at radius 3 is 2.85 bits per heavy atom. The average Bonchev–Trinajstić information content (AvgIpc) is 3.15. The molecule has 7 heteroatoms. The van der Waals surface area contributed by atoms with Crippen LogP contribution in [0.4, 0.5) is 11.5 Å². The summed E-state index contributed by atoms with van der Waals surface area (Å²) < 4.78 is 0. The second-order valence-electron chi connectivity index (χ2n) is 6.13. The van der Waals surface area contributed by atoms with Gasteiger partial charge in [-0.2, -0.15) is 17.7 Å². The molecule has 2 heterocycles. The summed E-state index contributed by atoms with van der Waals surface area (Å²) >= 11 is 4.71. The first-order chi connectivity index (χ1) is 13.1. The normalized spacial score (nSPS) is 12.0. The van der Waals surface area contributed by atoms with Crippen LogP contribution in [0.5, 0.6) is 0 Å². The number of hydrogen-bond acceptors (Lipinski definition) is 5. The summed E-state index contributed by atoms with van der Waals surface area (Å²) in [6, 6.07) is 16.6. The van der Waals surface area contributed by atoms with Crippen LogP contribution in [0.1, 0.15) is 26.7 Å². The van der Waals surface area contributed by atoms with Crippen LogP contribution < -0.4 is 11.1 Å². The number of benzene rings is 2. The summed E-state index contributed by atoms with van der Waals surface area (Å²) in [4.78, 5) is 16.9. The summed E-state index contributed by atoms with van der Waals surface area (Å²) in [5, 5.41) is 10.5. The molecule has 134 valence electrons. The van der Waals surface area contributed by atoms with Crippen LogP contribution >= 0.6 is 12.6 Å². The summed E-state index contributed by atoms with van der Waals surface area (Å²) in [6.45, 7) is 0. The third-order valence-corrected chi connectivity index (χ3v) is 4.90. The van der Waals surface area contributed by atoms with Crippen molar-refractivity contribution >= 4 is 40.9 Å². The van der Waals surface area contributed by atoms with Gasteiger partial charge in [0.05, 0.1) is 17.0 Å². The van der Waals surface area contributed by atoms with E-state index < -0.39 is 0 Å². The Hall–Kier alpha value is -3.32. The van der Waals surface area contributed by atoms with Crippen LogP contribution in [0.3, 0.4) is 0 Å². The van der Waals surface area contributed by atoms with Crippen LogP contribution in [-0.2, 0) is 0 Å². The van der Waals surface area contributed by atoms with E-state index in [-0.39, 0.29) is 11.2 Å². The number of rotatable bonds is 4. The maximum atomic E-state index is 12.9. The number of anilines is 2. The Labute approximate surface area is 161 Å². The summed E-state index contributed by atoms with van der Waals surface area (Å²) in [5.74, 6) is 0.215. The van der Waals surface area contributed by atoms with Gasteiger partial charge in [0, 0.05) is 22.8 Å². The third-order valence-electron chi connectivity index (χ3n) is 4.32. The highest BCUT2D eigenvalue weighted by Gasteiger charge is 2.18. The third kappa shape index (κ3) is 3.50. The van der Waals surface area contributed by atoms with Crippen molar-refractivity contribution < 1.29 is 4.79 Å². The van der Waals surface area contributed by atoms with Gasteiger partial charge in [-0.3, -0.25) is 9.89 Å². The molecule has 1 amide bonds. The number of nitrogens with two attached hydrogens (primary N) is 1. The van der Waals surface area contributed by atoms with E-state index in [0.29, 0.717) is 17.1 Å². The van der Waals surface area contributed by atoms with Gasteiger partial charge in [0.15, 0.2) is 0 Å². The minimum absolute atomic E-state index is 0.203. The fraction of sp³-hybridized carbons (Fsp3) is 0.0500. The van der Waals surface area contributed by atoms with Gasteiger partial charge in [-0.1, -0.05) is 18.2 Å². The van der Waals surface area contributed by atoms with Gasteiger partial charge in [-0.15, -0.1) is 0 Å². The first kappa shape index (κ1) is 17.1. The maximum Gasteiger partial charge on any atom is 0.255 e. The number of amides is 1. The number of aromatic nitrogens is 3. The predicted molar refractivity (Wildman–Crippen MR) is 110 cm³/mol. The predicted octanol–water partition coefficient (Wildman–Crippen LogP) is 3.81. The summed E-state index contributed by atoms with van der Waals surface area (Å²) in [7, 11) is 0. The van der Waals surface area contributed by atoms with Crippen LogP contribution in [-0.4, -0.2) is 21.1 Å². The van der Waals surface area contributed by atoms with Gasteiger partial charge >= 0.3 is 0 Å². The highest BCUT2D eigenvalue weighted by Crippen LogP contribution is 2.31. The lowest BCUT2D eigenvalue weighted by molar-refractivity contribution is 0.102. The van der Waals surface area contributed by atoms with Crippen molar-refractivity contribution in [2.24, 2.45) is 0 Å². The minimum atomic E-state index is -0.299. The molecular weight excluding hydrogens is 358 g/mol.